The number of aromatic amines is 2. The summed E-state index contributed by atoms with van der Waals surface area (Å²) in [7, 11) is 0. The van der Waals surface area contributed by atoms with E-state index >= 15 is 0 Å². The number of H-pyrrole nitrogens is 2. The Bertz CT molecular complexity index is 1410. The van der Waals surface area contributed by atoms with Crippen LogP contribution in [0.25, 0.3) is 21.8 Å². The number of benzene rings is 2. The number of carbonyl (C=O) groups excluding carboxylic acids is 2. The number of hydrogen-bond acceptors (Lipinski definition) is 4. The van der Waals surface area contributed by atoms with E-state index in [-0.39, 0.29) is 25.2 Å². The fourth-order valence-corrected chi connectivity index (χ4v) is 4.60. The van der Waals surface area contributed by atoms with Crippen molar-refractivity contribution >= 4 is 39.6 Å². The van der Waals surface area contributed by atoms with E-state index in [1.165, 1.54) is 0 Å². The lowest BCUT2D eigenvalue weighted by Gasteiger charge is -2.23. The SMILES string of the molecule is CC(C)C[C@H](NC(=O)[C@H](Cc1c[nH]c2ccccc12)NC(=O)[C@@H](N)Cc1c[nH]c2ccccc12)C(=O)O. The number of carboxylic acid groups (broad SMARTS) is 1. The van der Waals surface area contributed by atoms with E-state index in [2.05, 4.69) is 20.6 Å². The quantitative estimate of drug-likeness (QED) is 0.186. The van der Waals surface area contributed by atoms with E-state index in [1.807, 2.05) is 68.6 Å². The fraction of sp³-hybridized carbons (Fsp3) is 0.321. The molecule has 0 aliphatic heterocycles. The maximum absolute atomic E-state index is 13.3. The number of aromatic nitrogens is 2. The van der Waals surface area contributed by atoms with E-state index in [0.29, 0.717) is 0 Å². The number of nitrogens with one attached hydrogen (secondary N) is 4. The zero-order valence-electron chi connectivity index (χ0n) is 21.0. The summed E-state index contributed by atoms with van der Waals surface area (Å²) in [6, 6.07) is 12.4. The topological polar surface area (TPSA) is 153 Å². The highest BCUT2D eigenvalue weighted by atomic mass is 16.4. The highest BCUT2D eigenvalue weighted by Gasteiger charge is 2.29. The number of carbonyl (C=O) groups is 3. The van der Waals surface area contributed by atoms with Crippen molar-refractivity contribution in [2.45, 2.75) is 51.2 Å². The van der Waals surface area contributed by atoms with Gasteiger partial charge in [-0.25, -0.2) is 4.79 Å². The zero-order valence-corrected chi connectivity index (χ0v) is 21.0. The van der Waals surface area contributed by atoms with Crippen LogP contribution in [0.2, 0.25) is 0 Å². The molecule has 2 heterocycles. The molecule has 0 unspecified atom stereocenters. The second kappa shape index (κ2) is 11.3. The number of rotatable bonds is 11. The first-order valence-electron chi connectivity index (χ1n) is 12.4. The molecule has 194 valence electrons. The second-order valence-electron chi connectivity index (χ2n) is 9.82. The van der Waals surface area contributed by atoms with Crippen LogP contribution < -0.4 is 16.4 Å². The third-order valence-electron chi connectivity index (χ3n) is 6.51. The lowest BCUT2D eigenvalue weighted by Crippen LogP contribution is -2.55. The van der Waals surface area contributed by atoms with Crippen LogP contribution in [0.4, 0.5) is 0 Å². The number of aliphatic carboxylic acids is 1. The van der Waals surface area contributed by atoms with Gasteiger partial charge in [-0.2, -0.15) is 0 Å². The van der Waals surface area contributed by atoms with E-state index in [1.54, 1.807) is 6.20 Å². The Kier molecular flexibility index (Phi) is 7.93. The third-order valence-corrected chi connectivity index (χ3v) is 6.51. The summed E-state index contributed by atoms with van der Waals surface area (Å²) in [5, 5.41) is 16.9. The molecular formula is C28H33N5O4. The normalized spacial score (nSPS) is 13.9. The largest absolute Gasteiger partial charge is 0.480 e. The molecule has 37 heavy (non-hydrogen) atoms. The van der Waals surface area contributed by atoms with Crippen LogP contribution in [0.3, 0.4) is 0 Å². The summed E-state index contributed by atoms with van der Waals surface area (Å²) in [4.78, 5) is 44.6. The molecule has 0 saturated carbocycles. The van der Waals surface area contributed by atoms with Gasteiger partial charge in [-0.15, -0.1) is 0 Å². The molecule has 9 heteroatoms. The van der Waals surface area contributed by atoms with Gasteiger partial charge in [0.25, 0.3) is 0 Å². The van der Waals surface area contributed by atoms with Crippen molar-refractivity contribution in [3.8, 4) is 0 Å². The van der Waals surface area contributed by atoms with Gasteiger partial charge in [0.1, 0.15) is 12.1 Å². The molecular weight excluding hydrogens is 470 g/mol. The molecule has 0 aliphatic carbocycles. The van der Waals surface area contributed by atoms with Gasteiger partial charge < -0.3 is 31.4 Å². The lowest BCUT2D eigenvalue weighted by molar-refractivity contribution is -0.142. The number of para-hydroxylation sites is 2. The molecule has 3 atom stereocenters. The maximum Gasteiger partial charge on any atom is 0.326 e. The first-order valence-corrected chi connectivity index (χ1v) is 12.4. The lowest BCUT2D eigenvalue weighted by atomic mass is 10.0. The smallest absolute Gasteiger partial charge is 0.326 e. The van der Waals surface area contributed by atoms with Crippen LogP contribution in [0.1, 0.15) is 31.4 Å². The number of nitrogens with two attached hydrogens (primary N) is 1. The second-order valence-corrected chi connectivity index (χ2v) is 9.82. The van der Waals surface area contributed by atoms with Crippen molar-refractivity contribution in [2.75, 3.05) is 0 Å². The van der Waals surface area contributed by atoms with Gasteiger partial charge in [-0.05, 0) is 42.0 Å². The highest BCUT2D eigenvalue weighted by molar-refractivity contribution is 5.93. The van der Waals surface area contributed by atoms with Gasteiger partial charge in [0.2, 0.25) is 11.8 Å². The molecule has 4 rings (SSSR count). The summed E-state index contributed by atoms with van der Waals surface area (Å²) in [5.41, 5.74) is 9.86. The molecule has 4 aromatic rings. The number of hydrogen-bond donors (Lipinski definition) is 6. The van der Waals surface area contributed by atoms with Crippen LogP contribution in [0.15, 0.2) is 60.9 Å². The van der Waals surface area contributed by atoms with Crippen molar-refractivity contribution in [3.05, 3.63) is 72.1 Å². The Morgan fingerprint density at radius 3 is 1.86 bits per heavy atom. The van der Waals surface area contributed by atoms with Crippen molar-refractivity contribution < 1.29 is 19.5 Å². The molecule has 7 N–H and O–H groups in total. The number of carboxylic acids is 1. The molecule has 0 fully saturated rings. The molecule has 0 spiro atoms. The number of amides is 2. The van der Waals surface area contributed by atoms with Crippen LogP contribution in [-0.2, 0) is 27.2 Å². The molecule has 2 aromatic heterocycles. The highest BCUT2D eigenvalue weighted by Crippen LogP contribution is 2.21. The van der Waals surface area contributed by atoms with Crippen molar-refractivity contribution in [3.63, 3.8) is 0 Å². The van der Waals surface area contributed by atoms with Crippen molar-refractivity contribution in [1.82, 2.24) is 20.6 Å². The molecule has 2 amide bonds. The Labute approximate surface area is 214 Å². The summed E-state index contributed by atoms with van der Waals surface area (Å²) in [6.45, 7) is 3.77. The molecule has 0 bridgehead atoms. The Hall–Kier alpha value is -4.11. The molecule has 0 radical (unpaired) electrons. The van der Waals surface area contributed by atoms with E-state index in [4.69, 9.17) is 5.73 Å². The van der Waals surface area contributed by atoms with Gasteiger partial charge in [0.05, 0.1) is 6.04 Å². The fourth-order valence-electron chi connectivity index (χ4n) is 4.60. The number of fused-ring (bicyclic) bond motifs is 2. The van der Waals surface area contributed by atoms with Gasteiger partial charge in [0, 0.05) is 40.6 Å². The first-order chi connectivity index (χ1) is 17.7. The van der Waals surface area contributed by atoms with Crippen molar-refractivity contribution in [1.29, 1.82) is 0 Å². The third kappa shape index (κ3) is 6.18. The minimum absolute atomic E-state index is 0.0626. The first kappa shape index (κ1) is 26.0. The van der Waals surface area contributed by atoms with Crippen LogP contribution in [0, 0.1) is 5.92 Å². The van der Waals surface area contributed by atoms with Gasteiger partial charge >= 0.3 is 5.97 Å². The minimum Gasteiger partial charge on any atom is -0.480 e. The molecule has 0 saturated heterocycles. The predicted molar refractivity (Wildman–Crippen MR) is 143 cm³/mol. The summed E-state index contributed by atoms with van der Waals surface area (Å²) < 4.78 is 0. The Balaban J connectivity index is 1.53. The van der Waals surface area contributed by atoms with E-state index < -0.39 is 35.9 Å². The summed E-state index contributed by atoms with van der Waals surface area (Å²) >= 11 is 0. The van der Waals surface area contributed by atoms with Crippen LogP contribution >= 0.6 is 0 Å². The molecule has 2 aromatic carbocycles. The Morgan fingerprint density at radius 2 is 1.32 bits per heavy atom. The standard InChI is InChI=1S/C28H33N5O4/c1-16(2)11-25(28(36)37)33-27(35)24(13-18-15-31-23-10-6-4-8-20(18)23)32-26(34)21(29)12-17-14-30-22-9-5-3-7-19(17)22/h3-10,14-16,21,24-25,30-31H,11-13,29H2,1-2H3,(H,32,34)(H,33,35)(H,36,37)/t21-,24-,25-/m0/s1. The van der Waals surface area contributed by atoms with Gasteiger partial charge in [-0.3, -0.25) is 9.59 Å². The van der Waals surface area contributed by atoms with E-state index in [0.717, 1.165) is 32.9 Å². The van der Waals surface area contributed by atoms with Crippen LogP contribution in [-0.4, -0.2) is 51.0 Å². The maximum atomic E-state index is 13.3. The van der Waals surface area contributed by atoms with Gasteiger partial charge in [0.15, 0.2) is 0 Å². The molecule has 9 nitrogen and oxygen atoms in total. The minimum atomic E-state index is -1.12. The monoisotopic (exact) mass is 503 g/mol. The average Bonchev–Trinajstić information content (AvgIpc) is 3.47. The Morgan fingerprint density at radius 1 is 0.811 bits per heavy atom. The predicted octanol–water partition coefficient (Wildman–Crippen LogP) is 2.86. The van der Waals surface area contributed by atoms with Crippen LogP contribution in [0.5, 0.6) is 0 Å². The summed E-state index contributed by atoms with van der Waals surface area (Å²) in [6.07, 6.45) is 4.36. The zero-order chi connectivity index (χ0) is 26.5. The van der Waals surface area contributed by atoms with Gasteiger partial charge in [-0.1, -0.05) is 50.2 Å². The van der Waals surface area contributed by atoms with E-state index in [9.17, 15) is 19.5 Å². The van der Waals surface area contributed by atoms with Crippen molar-refractivity contribution in [2.24, 2.45) is 11.7 Å². The summed E-state index contributed by atoms with van der Waals surface area (Å²) in [5.74, 6) is -2.10. The average molecular weight is 504 g/mol. The molecule has 0 aliphatic rings.